The van der Waals surface area contributed by atoms with E-state index < -0.39 is 11.6 Å². The number of aliphatic carboxylic acids is 1. The highest BCUT2D eigenvalue weighted by molar-refractivity contribution is 5.68. The lowest BCUT2D eigenvalue weighted by molar-refractivity contribution is -0.143. The summed E-state index contributed by atoms with van der Waals surface area (Å²) in [6.07, 6.45) is 0.937. The van der Waals surface area contributed by atoms with Gasteiger partial charge in [0.1, 0.15) is 0 Å². The predicted molar refractivity (Wildman–Crippen MR) is 43.8 cm³/mol. The molecule has 72 valence electrons. The molecule has 0 rings (SSSR count). The van der Waals surface area contributed by atoms with Gasteiger partial charge in [-0.15, -0.1) is 0 Å². The molecule has 4 heteroatoms. The van der Waals surface area contributed by atoms with Crippen LogP contribution in [0.4, 0.5) is 0 Å². The Hall–Kier alpha value is -0.610. The zero-order chi connectivity index (χ0) is 9.61. The summed E-state index contributed by atoms with van der Waals surface area (Å²) >= 11 is 0. The van der Waals surface area contributed by atoms with Crippen LogP contribution in [0.1, 0.15) is 32.6 Å². The van der Waals surface area contributed by atoms with E-state index in [4.69, 9.17) is 10.2 Å². The van der Waals surface area contributed by atoms with E-state index in [9.17, 15) is 9.90 Å². The maximum Gasteiger partial charge on any atom is 0.306 e. The molecule has 12 heavy (non-hydrogen) atoms. The van der Waals surface area contributed by atoms with E-state index in [2.05, 4.69) is 0 Å². The second-order valence-electron chi connectivity index (χ2n) is 2.98. The predicted octanol–water partition coefficient (Wildman–Crippen LogP) is 0.375. The third-order valence-corrected chi connectivity index (χ3v) is 1.94. The van der Waals surface area contributed by atoms with E-state index in [0.717, 1.165) is 0 Å². The van der Waals surface area contributed by atoms with Crippen molar-refractivity contribution in [3.8, 4) is 0 Å². The van der Waals surface area contributed by atoms with Crippen molar-refractivity contribution >= 4 is 5.97 Å². The van der Waals surface area contributed by atoms with Gasteiger partial charge in [0.15, 0.2) is 0 Å². The zero-order valence-corrected chi connectivity index (χ0v) is 7.29. The molecule has 0 bridgehead atoms. The molecule has 0 spiro atoms. The molecule has 1 atom stereocenters. The van der Waals surface area contributed by atoms with Crippen LogP contribution < -0.4 is 0 Å². The summed E-state index contributed by atoms with van der Waals surface area (Å²) in [6.45, 7) is 1.72. The molecule has 0 aromatic heterocycles. The molecule has 0 fully saturated rings. The van der Waals surface area contributed by atoms with Gasteiger partial charge in [-0.05, 0) is 19.3 Å². The van der Waals surface area contributed by atoms with Gasteiger partial charge in [0.05, 0.1) is 12.0 Å². The summed E-state index contributed by atoms with van der Waals surface area (Å²) in [5.74, 6) is -1.00. The monoisotopic (exact) mass is 176 g/mol. The van der Waals surface area contributed by atoms with Gasteiger partial charge in [0.25, 0.3) is 0 Å². The highest BCUT2D eigenvalue weighted by Gasteiger charge is 2.26. The maximum atomic E-state index is 10.3. The van der Waals surface area contributed by atoms with Crippen LogP contribution in [0.15, 0.2) is 0 Å². The van der Waals surface area contributed by atoms with Crippen LogP contribution in [-0.4, -0.2) is 33.5 Å². The summed E-state index contributed by atoms with van der Waals surface area (Å²) < 4.78 is 0. The Morgan fingerprint density at radius 1 is 1.50 bits per heavy atom. The lowest BCUT2D eigenvalue weighted by atomic mass is 9.91. The zero-order valence-electron chi connectivity index (χ0n) is 7.29. The molecule has 0 saturated heterocycles. The third kappa shape index (κ3) is 4.31. The molecular weight excluding hydrogens is 160 g/mol. The molecule has 0 amide bonds. The number of hydrogen-bond donors (Lipinski definition) is 3. The quantitative estimate of drug-likeness (QED) is 0.546. The Balaban J connectivity index is 3.95. The summed E-state index contributed by atoms with van der Waals surface area (Å²) in [5.41, 5.74) is -1.14. The van der Waals surface area contributed by atoms with Crippen molar-refractivity contribution in [2.45, 2.75) is 38.2 Å². The molecule has 3 N–H and O–H groups in total. The minimum Gasteiger partial charge on any atom is -0.481 e. The number of carboxylic acid groups (broad SMARTS) is 1. The van der Waals surface area contributed by atoms with Crippen LogP contribution in [0.5, 0.6) is 0 Å². The maximum absolute atomic E-state index is 10.3. The van der Waals surface area contributed by atoms with Crippen molar-refractivity contribution in [2.24, 2.45) is 0 Å². The Bertz CT molecular complexity index is 146. The summed E-state index contributed by atoms with van der Waals surface area (Å²) in [4.78, 5) is 10.3. The van der Waals surface area contributed by atoms with Crippen LogP contribution in [0.3, 0.4) is 0 Å². The van der Waals surface area contributed by atoms with Gasteiger partial charge in [-0.2, -0.15) is 0 Å². The molecule has 0 aliphatic heterocycles. The molecule has 0 aromatic rings. The Morgan fingerprint density at radius 2 is 2.08 bits per heavy atom. The van der Waals surface area contributed by atoms with Crippen molar-refractivity contribution in [2.75, 3.05) is 6.61 Å². The number of aliphatic hydroxyl groups excluding tert-OH is 1. The molecule has 0 aromatic carbocycles. The first-order chi connectivity index (χ1) is 5.54. The Kier molecular flexibility index (Phi) is 4.85. The molecule has 0 radical (unpaired) electrons. The Labute approximate surface area is 71.8 Å². The summed E-state index contributed by atoms with van der Waals surface area (Å²) in [5, 5.41) is 26.6. The highest BCUT2D eigenvalue weighted by Crippen LogP contribution is 2.21. The van der Waals surface area contributed by atoms with Crippen molar-refractivity contribution in [1.29, 1.82) is 0 Å². The van der Waals surface area contributed by atoms with E-state index in [0.29, 0.717) is 19.3 Å². The lowest BCUT2D eigenvalue weighted by Gasteiger charge is -2.24. The van der Waals surface area contributed by atoms with Gasteiger partial charge < -0.3 is 15.3 Å². The van der Waals surface area contributed by atoms with E-state index in [-0.39, 0.29) is 13.0 Å². The first-order valence-corrected chi connectivity index (χ1v) is 4.09. The molecule has 4 nitrogen and oxygen atoms in total. The van der Waals surface area contributed by atoms with Crippen molar-refractivity contribution in [1.82, 2.24) is 0 Å². The second kappa shape index (κ2) is 5.11. The highest BCUT2D eigenvalue weighted by atomic mass is 16.4. The lowest BCUT2D eigenvalue weighted by Crippen LogP contribution is -2.31. The van der Waals surface area contributed by atoms with Crippen LogP contribution in [0.2, 0.25) is 0 Å². The second-order valence-corrected chi connectivity index (χ2v) is 2.98. The molecule has 0 aliphatic rings. The first-order valence-electron chi connectivity index (χ1n) is 4.09. The van der Waals surface area contributed by atoms with Crippen molar-refractivity contribution in [3.05, 3.63) is 0 Å². The first kappa shape index (κ1) is 11.4. The van der Waals surface area contributed by atoms with E-state index in [1.165, 1.54) is 0 Å². The van der Waals surface area contributed by atoms with Crippen LogP contribution in [0, 0.1) is 0 Å². The summed E-state index contributed by atoms with van der Waals surface area (Å²) in [6, 6.07) is 0. The molecule has 0 aliphatic carbocycles. The van der Waals surface area contributed by atoms with Gasteiger partial charge in [0.2, 0.25) is 0 Å². The van der Waals surface area contributed by atoms with Crippen molar-refractivity contribution in [3.63, 3.8) is 0 Å². The number of carbonyl (C=O) groups is 1. The minimum absolute atomic E-state index is 0.0120. The minimum atomic E-state index is -1.14. The number of carboxylic acids is 1. The van der Waals surface area contributed by atoms with Crippen LogP contribution in [-0.2, 0) is 4.79 Å². The van der Waals surface area contributed by atoms with Gasteiger partial charge in [-0.1, -0.05) is 6.92 Å². The molecular formula is C8H16O4. The Morgan fingerprint density at radius 3 is 2.42 bits per heavy atom. The third-order valence-electron chi connectivity index (χ3n) is 1.94. The number of aliphatic hydroxyl groups is 2. The normalized spacial score (nSPS) is 15.6. The molecule has 0 saturated carbocycles. The van der Waals surface area contributed by atoms with E-state index in [1.807, 2.05) is 0 Å². The molecule has 0 heterocycles. The van der Waals surface area contributed by atoms with E-state index >= 15 is 0 Å². The van der Waals surface area contributed by atoms with Gasteiger partial charge in [-0.3, -0.25) is 4.79 Å². The topological polar surface area (TPSA) is 77.8 Å². The SMILES string of the molecule is CCC(O)(CCCO)CC(=O)O. The average molecular weight is 176 g/mol. The number of hydrogen-bond acceptors (Lipinski definition) is 3. The van der Waals surface area contributed by atoms with Gasteiger partial charge in [0, 0.05) is 6.61 Å². The van der Waals surface area contributed by atoms with Crippen LogP contribution in [0.25, 0.3) is 0 Å². The standard InChI is InChI=1S/C8H16O4/c1-2-8(12,4-3-5-9)6-7(10)11/h9,12H,2-6H2,1H3,(H,10,11). The fraction of sp³-hybridized carbons (Fsp3) is 0.875. The van der Waals surface area contributed by atoms with E-state index in [1.54, 1.807) is 6.92 Å². The fourth-order valence-electron chi connectivity index (χ4n) is 1.08. The van der Waals surface area contributed by atoms with Gasteiger partial charge >= 0.3 is 5.97 Å². The fourth-order valence-corrected chi connectivity index (χ4v) is 1.08. The average Bonchev–Trinajstić information content (AvgIpc) is 2.00. The largest absolute Gasteiger partial charge is 0.481 e. The van der Waals surface area contributed by atoms with Crippen LogP contribution >= 0.6 is 0 Å². The summed E-state index contributed by atoms with van der Waals surface area (Å²) in [7, 11) is 0. The van der Waals surface area contributed by atoms with Crippen molar-refractivity contribution < 1.29 is 20.1 Å². The molecule has 1 unspecified atom stereocenters. The van der Waals surface area contributed by atoms with Gasteiger partial charge in [-0.25, -0.2) is 0 Å². The number of rotatable bonds is 6. The smallest absolute Gasteiger partial charge is 0.306 e.